The normalized spacial score (nSPS) is 7.64. The fourth-order valence-corrected chi connectivity index (χ4v) is 0.395. The predicted octanol–water partition coefficient (Wildman–Crippen LogP) is 0.230. The van der Waals surface area contributed by atoms with Gasteiger partial charge in [0.25, 0.3) is 0 Å². The Kier molecular flexibility index (Phi) is 13.9. The maximum absolute atomic E-state index is 9.71. The number of hydrogen-bond donors (Lipinski definition) is 4. The van der Waals surface area contributed by atoms with Crippen molar-refractivity contribution < 1.29 is 4.79 Å². The van der Waals surface area contributed by atoms with Crippen LogP contribution >= 0.6 is 0 Å². The van der Waals surface area contributed by atoms with Crippen molar-refractivity contribution in [1.29, 1.82) is 0 Å². The van der Waals surface area contributed by atoms with Crippen molar-refractivity contribution >= 4 is 6.03 Å². The minimum Gasteiger partial charge on any atom is -0.275 e. The van der Waals surface area contributed by atoms with Gasteiger partial charge in [0.1, 0.15) is 0 Å². The Morgan fingerprint density at radius 1 is 1.18 bits per heavy atom. The Labute approximate surface area is 67.5 Å². The fraction of sp³-hybridized carbons (Fsp3) is 0.833. The van der Waals surface area contributed by atoms with Crippen LogP contribution < -0.4 is 22.5 Å². The third-order valence-electron chi connectivity index (χ3n) is 0.969. The molecular formula is C6H18N4O. The monoisotopic (exact) mass is 162 g/mol. The minimum atomic E-state index is -0.602. The molecule has 0 heterocycles. The maximum atomic E-state index is 9.71. The molecule has 0 aromatic heterocycles. The van der Waals surface area contributed by atoms with Gasteiger partial charge in [0.15, 0.2) is 0 Å². The van der Waals surface area contributed by atoms with Gasteiger partial charge < -0.3 is 0 Å². The molecule has 5 nitrogen and oxygen atoms in total. The molecule has 0 aromatic rings. The molecule has 11 heavy (non-hydrogen) atoms. The lowest BCUT2D eigenvalue weighted by Gasteiger charge is -1.90. The highest BCUT2D eigenvalue weighted by molar-refractivity contribution is 5.72. The van der Waals surface area contributed by atoms with Crippen LogP contribution in [0.1, 0.15) is 33.1 Å². The van der Waals surface area contributed by atoms with E-state index >= 15 is 0 Å². The molecule has 0 rings (SSSR count). The molecule has 0 atom stereocenters. The molecule has 5 heteroatoms. The van der Waals surface area contributed by atoms with E-state index in [4.69, 9.17) is 0 Å². The number of nitrogens with one attached hydrogen (secondary N) is 2. The van der Waals surface area contributed by atoms with Crippen LogP contribution in [0.4, 0.5) is 4.79 Å². The van der Waals surface area contributed by atoms with Crippen molar-refractivity contribution in [3.8, 4) is 0 Å². The van der Waals surface area contributed by atoms with Crippen LogP contribution in [0.5, 0.6) is 0 Å². The topological polar surface area (TPSA) is 93.2 Å². The standard InChI is InChI=1S/C5H12.CH6N4O/c1-3-5-4-2;2-4-1(6)5-3/h3-5H2,1-2H3;2-3H2,(H2,4,5,6). The zero-order chi connectivity index (χ0) is 9.11. The SMILES string of the molecule is CCCCC.NNC(=O)NN. The Hall–Kier alpha value is -0.810. The highest BCUT2D eigenvalue weighted by Gasteiger charge is 1.83. The van der Waals surface area contributed by atoms with E-state index in [2.05, 4.69) is 25.5 Å². The first-order chi connectivity index (χ1) is 5.22. The van der Waals surface area contributed by atoms with E-state index in [1.54, 1.807) is 10.9 Å². The van der Waals surface area contributed by atoms with E-state index in [0.717, 1.165) is 0 Å². The Morgan fingerprint density at radius 3 is 1.55 bits per heavy atom. The zero-order valence-electron chi connectivity index (χ0n) is 7.18. The van der Waals surface area contributed by atoms with Gasteiger partial charge in [-0.15, -0.1) is 0 Å². The fourth-order valence-electron chi connectivity index (χ4n) is 0.395. The molecule has 0 aliphatic heterocycles. The van der Waals surface area contributed by atoms with Crippen LogP contribution in [0.25, 0.3) is 0 Å². The summed E-state index contributed by atoms with van der Waals surface area (Å²) in [6.07, 6.45) is 4.08. The zero-order valence-corrected chi connectivity index (χ0v) is 7.18. The van der Waals surface area contributed by atoms with Crippen molar-refractivity contribution in [2.45, 2.75) is 33.1 Å². The molecule has 0 spiro atoms. The van der Waals surface area contributed by atoms with Gasteiger partial charge in [-0.3, -0.25) is 10.9 Å². The lowest BCUT2D eigenvalue weighted by molar-refractivity contribution is 0.241. The number of urea groups is 1. The largest absolute Gasteiger partial charge is 0.343 e. The van der Waals surface area contributed by atoms with Gasteiger partial charge in [-0.1, -0.05) is 33.1 Å². The first kappa shape index (κ1) is 12.8. The summed E-state index contributed by atoms with van der Waals surface area (Å²) in [5.74, 6) is 9.08. The molecule has 0 unspecified atom stereocenters. The molecule has 0 bridgehead atoms. The molecule has 2 amide bonds. The van der Waals surface area contributed by atoms with Crippen LogP contribution in [0.3, 0.4) is 0 Å². The van der Waals surface area contributed by atoms with Gasteiger partial charge in [0.2, 0.25) is 0 Å². The number of nitrogens with two attached hydrogens (primary N) is 2. The maximum Gasteiger partial charge on any atom is 0.343 e. The Bertz CT molecular complexity index is 78.7. The van der Waals surface area contributed by atoms with Gasteiger partial charge in [0, 0.05) is 0 Å². The Balaban J connectivity index is 0. The van der Waals surface area contributed by atoms with E-state index < -0.39 is 6.03 Å². The molecule has 6 N–H and O–H groups in total. The number of hydrazine groups is 2. The molecular weight excluding hydrogens is 144 g/mol. The third-order valence-corrected chi connectivity index (χ3v) is 0.969. The van der Waals surface area contributed by atoms with Crippen LogP contribution in [0.2, 0.25) is 0 Å². The number of amides is 2. The quantitative estimate of drug-likeness (QED) is 0.266. The second-order valence-corrected chi connectivity index (χ2v) is 1.97. The second kappa shape index (κ2) is 11.9. The molecule has 68 valence electrons. The summed E-state index contributed by atoms with van der Waals surface area (Å²) in [5, 5.41) is 0. The van der Waals surface area contributed by atoms with E-state index in [0.29, 0.717) is 0 Å². The van der Waals surface area contributed by atoms with Crippen molar-refractivity contribution in [3.63, 3.8) is 0 Å². The smallest absolute Gasteiger partial charge is 0.275 e. The molecule has 0 fully saturated rings. The summed E-state index contributed by atoms with van der Waals surface area (Å²) in [4.78, 5) is 9.71. The van der Waals surface area contributed by atoms with Crippen molar-refractivity contribution in [2.75, 3.05) is 0 Å². The van der Waals surface area contributed by atoms with E-state index in [1.165, 1.54) is 19.3 Å². The van der Waals surface area contributed by atoms with Gasteiger partial charge in [-0.2, -0.15) is 0 Å². The highest BCUT2D eigenvalue weighted by Crippen LogP contribution is 1.88. The molecule has 0 saturated carbocycles. The van der Waals surface area contributed by atoms with E-state index in [9.17, 15) is 4.79 Å². The number of rotatable bonds is 2. The van der Waals surface area contributed by atoms with Gasteiger partial charge in [0.05, 0.1) is 0 Å². The number of unbranched alkanes of at least 4 members (excludes halogenated alkanes) is 2. The summed E-state index contributed by atoms with van der Waals surface area (Å²) in [6.45, 7) is 4.42. The summed E-state index contributed by atoms with van der Waals surface area (Å²) in [5.41, 5.74) is 3.48. The number of hydrogen-bond acceptors (Lipinski definition) is 3. The summed E-state index contributed by atoms with van der Waals surface area (Å²) >= 11 is 0. The number of carbonyl (C=O) groups is 1. The molecule has 0 aromatic carbocycles. The summed E-state index contributed by atoms with van der Waals surface area (Å²) in [6, 6.07) is -0.602. The van der Waals surface area contributed by atoms with Crippen LogP contribution in [-0.2, 0) is 0 Å². The molecule has 0 radical (unpaired) electrons. The van der Waals surface area contributed by atoms with Crippen LogP contribution in [0, 0.1) is 0 Å². The van der Waals surface area contributed by atoms with Crippen LogP contribution in [0.15, 0.2) is 0 Å². The average molecular weight is 162 g/mol. The highest BCUT2D eigenvalue weighted by atomic mass is 16.2. The van der Waals surface area contributed by atoms with Gasteiger partial charge in [-0.05, 0) is 0 Å². The Morgan fingerprint density at radius 2 is 1.55 bits per heavy atom. The average Bonchev–Trinajstić information content (AvgIpc) is 2.06. The van der Waals surface area contributed by atoms with E-state index in [-0.39, 0.29) is 0 Å². The van der Waals surface area contributed by atoms with Gasteiger partial charge >= 0.3 is 6.03 Å². The van der Waals surface area contributed by atoms with Crippen LogP contribution in [-0.4, -0.2) is 6.03 Å². The lowest BCUT2D eigenvalue weighted by atomic mass is 10.3. The third kappa shape index (κ3) is 17.6. The first-order valence-electron chi connectivity index (χ1n) is 3.70. The molecule has 0 aliphatic carbocycles. The summed E-state index contributed by atoms with van der Waals surface area (Å²) < 4.78 is 0. The molecule has 0 aliphatic rings. The summed E-state index contributed by atoms with van der Waals surface area (Å²) in [7, 11) is 0. The van der Waals surface area contributed by atoms with Crippen molar-refractivity contribution in [3.05, 3.63) is 0 Å². The molecule has 0 saturated heterocycles. The first-order valence-corrected chi connectivity index (χ1v) is 3.70. The number of carbonyl (C=O) groups excluding carboxylic acids is 1. The van der Waals surface area contributed by atoms with E-state index in [1.807, 2.05) is 0 Å². The van der Waals surface area contributed by atoms with Gasteiger partial charge in [-0.25, -0.2) is 16.5 Å². The second-order valence-electron chi connectivity index (χ2n) is 1.97. The van der Waals surface area contributed by atoms with Crippen molar-refractivity contribution in [1.82, 2.24) is 10.9 Å². The predicted molar refractivity (Wildman–Crippen MR) is 45.2 cm³/mol. The minimum absolute atomic E-state index is 0.602. The lowest BCUT2D eigenvalue weighted by Crippen LogP contribution is -2.43. The van der Waals surface area contributed by atoms with Crippen molar-refractivity contribution in [2.24, 2.45) is 11.7 Å².